The van der Waals surface area contributed by atoms with Crippen LogP contribution >= 0.6 is 0 Å². The number of nitrogens with zero attached hydrogens (tertiary/aromatic N) is 3. The van der Waals surface area contributed by atoms with E-state index in [9.17, 15) is 4.79 Å². The third kappa shape index (κ3) is 1.98. The van der Waals surface area contributed by atoms with Crippen molar-refractivity contribution in [2.24, 2.45) is 4.99 Å². The molecule has 3 heterocycles. The molecule has 0 spiro atoms. The SMILES string of the molecule is O=c1[nH][nH]c(-c2cnccn2)c1C=C1C=Nc2ccccc21. The summed E-state index contributed by atoms with van der Waals surface area (Å²) in [5, 5.41) is 5.46. The van der Waals surface area contributed by atoms with Gasteiger partial charge in [-0.1, -0.05) is 18.2 Å². The van der Waals surface area contributed by atoms with Crippen molar-refractivity contribution < 1.29 is 0 Å². The van der Waals surface area contributed by atoms with Gasteiger partial charge in [-0.25, -0.2) is 0 Å². The fourth-order valence-corrected chi connectivity index (χ4v) is 2.44. The van der Waals surface area contributed by atoms with Crippen LogP contribution in [-0.2, 0) is 0 Å². The number of H-pyrrole nitrogens is 2. The highest BCUT2D eigenvalue weighted by Gasteiger charge is 2.15. The van der Waals surface area contributed by atoms with E-state index in [0.717, 1.165) is 16.8 Å². The Morgan fingerprint density at radius 3 is 2.86 bits per heavy atom. The largest absolute Gasteiger partial charge is 0.295 e. The first-order valence-electron chi connectivity index (χ1n) is 6.75. The second-order valence-electron chi connectivity index (χ2n) is 4.83. The molecule has 0 unspecified atom stereocenters. The molecule has 2 aromatic heterocycles. The lowest BCUT2D eigenvalue weighted by Crippen LogP contribution is -2.02. The van der Waals surface area contributed by atoms with Gasteiger partial charge in [0, 0.05) is 29.7 Å². The lowest BCUT2D eigenvalue weighted by atomic mass is 10.0. The van der Waals surface area contributed by atoms with Crippen LogP contribution in [0, 0.1) is 0 Å². The van der Waals surface area contributed by atoms with E-state index in [-0.39, 0.29) is 5.56 Å². The van der Waals surface area contributed by atoms with Gasteiger partial charge in [0.2, 0.25) is 0 Å². The van der Waals surface area contributed by atoms with Gasteiger partial charge in [0.05, 0.1) is 23.1 Å². The number of allylic oxidation sites excluding steroid dienone is 1. The summed E-state index contributed by atoms with van der Waals surface area (Å²) in [5.74, 6) is 0. The van der Waals surface area contributed by atoms with Crippen LogP contribution in [0.15, 0.2) is 52.6 Å². The zero-order valence-corrected chi connectivity index (χ0v) is 11.4. The van der Waals surface area contributed by atoms with Gasteiger partial charge in [-0.3, -0.25) is 30.0 Å². The molecule has 6 nitrogen and oxygen atoms in total. The van der Waals surface area contributed by atoms with E-state index in [4.69, 9.17) is 0 Å². The Morgan fingerprint density at radius 1 is 1.09 bits per heavy atom. The molecule has 0 saturated heterocycles. The number of hydrogen-bond donors (Lipinski definition) is 2. The monoisotopic (exact) mass is 289 g/mol. The van der Waals surface area contributed by atoms with E-state index < -0.39 is 0 Å². The molecule has 2 N–H and O–H groups in total. The van der Waals surface area contributed by atoms with Crippen molar-refractivity contribution >= 4 is 23.6 Å². The molecule has 106 valence electrons. The third-order valence-corrected chi connectivity index (χ3v) is 3.49. The predicted octanol–water partition coefficient (Wildman–Crippen LogP) is 2.42. The topological polar surface area (TPSA) is 86.8 Å². The fourth-order valence-electron chi connectivity index (χ4n) is 2.44. The standard InChI is InChI=1S/C16H11N5O/c22-16-12(15(20-21-16)14-9-17-5-6-18-14)7-10-8-19-13-4-2-1-3-11(10)13/h1-9H,(H2,20,21,22). The van der Waals surface area contributed by atoms with Crippen LogP contribution in [0.25, 0.3) is 23.0 Å². The molecule has 0 amide bonds. The maximum Gasteiger partial charge on any atom is 0.271 e. The summed E-state index contributed by atoms with van der Waals surface area (Å²) in [5.41, 5.74) is 4.34. The number of hydrogen-bond acceptors (Lipinski definition) is 4. The molecule has 0 aliphatic carbocycles. The highest BCUT2D eigenvalue weighted by Crippen LogP contribution is 2.32. The van der Waals surface area contributed by atoms with E-state index in [1.54, 1.807) is 24.8 Å². The van der Waals surface area contributed by atoms with E-state index >= 15 is 0 Å². The van der Waals surface area contributed by atoms with Crippen molar-refractivity contribution in [2.75, 3.05) is 0 Å². The molecule has 4 rings (SSSR count). The Morgan fingerprint density at radius 2 is 2.00 bits per heavy atom. The maximum absolute atomic E-state index is 12.1. The lowest BCUT2D eigenvalue weighted by Gasteiger charge is -2.00. The smallest absolute Gasteiger partial charge is 0.271 e. The van der Waals surface area contributed by atoms with Gasteiger partial charge in [-0.15, -0.1) is 0 Å². The average Bonchev–Trinajstić information content (AvgIpc) is 3.14. The Balaban J connectivity index is 1.86. The Bertz CT molecular complexity index is 950. The normalized spacial score (nSPS) is 14.5. The minimum atomic E-state index is -0.203. The predicted molar refractivity (Wildman–Crippen MR) is 84.9 cm³/mol. The third-order valence-electron chi connectivity index (χ3n) is 3.49. The number of nitrogens with one attached hydrogen (secondary N) is 2. The molecule has 0 saturated carbocycles. The minimum absolute atomic E-state index is 0.203. The summed E-state index contributed by atoms with van der Waals surface area (Å²) in [6.07, 6.45) is 8.36. The second-order valence-corrected chi connectivity index (χ2v) is 4.83. The number of aromatic amines is 2. The molecule has 3 aromatic rings. The Kier molecular flexibility index (Phi) is 2.79. The molecule has 1 aromatic carbocycles. The second kappa shape index (κ2) is 4.92. The van der Waals surface area contributed by atoms with Crippen molar-refractivity contribution in [3.8, 4) is 11.4 Å². The Hall–Kier alpha value is -3.28. The fraction of sp³-hybridized carbons (Fsp3) is 0. The molecule has 1 aliphatic heterocycles. The maximum atomic E-state index is 12.1. The highest BCUT2D eigenvalue weighted by atomic mass is 16.1. The number of fused-ring (bicyclic) bond motifs is 1. The van der Waals surface area contributed by atoms with Crippen molar-refractivity contribution in [1.29, 1.82) is 0 Å². The van der Waals surface area contributed by atoms with Gasteiger partial charge in [0.15, 0.2) is 0 Å². The first-order valence-corrected chi connectivity index (χ1v) is 6.75. The van der Waals surface area contributed by atoms with Crippen LogP contribution in [0.5, 0.6) is 0 Å². The molecule has 0 bridgehead atoms. The van der Waals surface area contributed by atoms with Crippen LogP contribution in [0.3, 0.4) is 0 Å². The van der Waals surface area contributed by atoms with Gasteiger partial charge in [-0.2, -0.15) is 0 Å². The average molecular weight is 289 g/mol. The van der Waals surface area contributed by atoms with E-state index in [0.29, 0.717) is 17.0 Å². The van der Waals surface area contributed by atoms with Gasteiger partial charge in [0.25, 0.3) is 5.56 Å². The van der Waals surface area contributed by atoms with E-state index in [2.05, 4.69) is 25.2 Å². The summed E-state index contributed by atoms with van der Waals surface area (Å²) >= 11 is 0. The first-order chi connectivity index (χ1) is 10.8. The number of aliphatic imine (C=N–C) groups is 1. The highest BCUT2D eigenvalue weighted by molar-refractivity contribution is 6.21. The van der Waals surface area contributed by atoms with Crippen molar-refractivity contribution in [3.05, 3.63) is 64.3 Å². The zero-order chi connectivity index (χ0) is 14.9. The number of para-hydroxylation sites is 1. The summed E-state index contributed by atoms with van der Waals surface area (Å²) < 4.78 is 0. The van der Waals surface area contributed by atoms with Gasteiger partial charge < -0.3 is 0 Å². The molecule has 6 heteroatoms. The molecular formula is C16H11N5O. The minimum Gasteiger partial charge on any atom is -0.295 e. The summed E-state index contributed by atoms with van der Waals surface area (Å²) in [4.78, 5) is 24.7. The van der Waals surface area contributed by atoms with Crippen molar-refractivity contribution in [1.82, 2.24) is 20.2 Å². The number of rotatable bonds is 2. The molecule has 0 fully saturated rings. The molecule has 1 aliphatic rings. The zero-order valence-electron chi connectivity index (χ0n) is 11.4. The van der Waals surface area contributed by atoms with Crippen LogP contribution in [-0.4, -0.2) is 26.4 Å². The molecule has 22 heavy (non-hydrogen) atoms. The van der Waals surface area contributed by atoms with E-state index in [1.807, 2.05) is 30.3 Å². The van der Waals surface area contributed by atoms with Crippen LogP contribution in [0.2, 0.25) is 0 Å². The molecule has 0 atom stereocenters. The number of aromatic nitrogens is 4. The molecule has 0 radical (unpaired) electrons. The summed E-state index contributed by atoms with van der Waals surface area (Å²) in [7, 11) is 0. The van der Waals surface area contributed by atoms with Gasteiger partial charge in [0.1, 0.15) is 5.69 Å². The lowest BCUT2D eigenvalue weighted by molar-refractivity contribution is 1.05. The summed E-state index contributed by atoms with van der Waals surface area (Å²) in [6, 6.07) is 7.81. The van der Waals surface area contributed by atoms with Gasteiger partial charge in [-0.05, 0) is 12.1 Å². The van der Waals surface area contributed by atoms with Crippen molar-refractivity contribution in [2.45, 2.75) is 0 Å². The number of benzene rings is 1. The van der Waals surface area contributed by atoms with Crippen LogP contribution in [0.4, 0.5) is 5.69 Å². The quantitative estimate of drug-likeness (QED) is 0.759. The van der Waals surface area contributed by atoms with Crippen molar-refractivity contribution in [3.63, 3.8) is 0 Å². The van der Waals surface area contributed by atoms with Gasteiger partial charge >= 0.3 is 0 Å². The first kappa shape index (κ1) is 12.5. The summed E-state index contributed by atoms with van der Waals surface area (Å²) in [6.45, 7) is 0. The molecular weight excluding hydrogens is 278 g/mol. The Labute approximate surface area is 125 Å². The van der Waals surface area contributed by atoms with Crippen LogP contribution < -0.4 is 5.56 Å². The van der Waals surface area contributed by atoms with Crippen LogP contribution in [0.1, 0.15) is 11.1 Å². The van der Waals surface area contributed by atoms with E-state index in [1.165, 1.54) is 0 Å².